The zero-order chi connectivity index (χ0) is 17.6. The van der Waals surface area contributed by atoms with Crippen molar-refractivity contribution in [2.45, 2.75) is 48.8 Å². The molecule has 0 aromatic carbocycles. The van der Waals surface area contributed by atoms with Crippen LogP contribution >= 0.6 is 8.25 Å². The molecule has 23 heavy (non-hydrogen) atoms. The summed E-state index contributed by atoms with van der Waals surface area (Å²) in [4.78, 5) is 33.9. The van der Waals surface area contributed by atoms with E-state index in [0.717, 1.165) is 0 Å². The van der Waals surface area contributed by atoms with Gasteiger partial charge in [-0.15, -0.1) is 0 Å². The summed E-state index contributed by atoms with van der Waals surface area (Å²) in [6.45, 7) is 3.58. The molecule has 1 aliphatic rings. The van der Waals surface area contributed by atoms with E-state index in [4.69, 9.17) is 31.9 Å². The standard InChI is InChI=1S/C13H19O8.ClH.Hg/c1-7(14)18-6-11-13(20-9(3)16)10(19-8(2)15)5-12(17-4)21-11;;/h5,10-13H,6H2,1-4H3;1H;/q;;+1/p-1/t10-,11-,12?,13+;;/m1../s1. The molecule has 0 aromatic rings. The van der Waals surface area contributed by atoms with E-state index in [-0.39, 0.29) is 10.0 Å². The van der Waals surface area contributed by atoms with Gasteiger partial charge in [-0.05, 0) is 0 Å². The van der Waals surface area contributed by atoms with Crippen LogP contribution in [0.4, 0.5) is 0 Å². The number of halogens is 1. The first-order valence-corrected chi connectivity index (χ1v) is 17.0. The van der Waals surface area contributed by atoms with E-state index in [1.165, 1.54) is 27.9 Å². The van der Waals surface area contributed by atoms with Gasteiger partial charge in [-0.3, -0.25) is 0 Å². The van der Waals surface area contributed by atoms with Crippen LogP contribution in [0.1, 0.15) is 20.8 Å². The Hall–Kier alpha value is -0.445. The third-order valence-corrected chi connectivity index (χ3v) is 11.1. The molecule has 1 aliphatic heterocycles. The summed E-state index contributed by atoms with van der Waals surface area (Å²) in [6.07, 6.45) is -3.21. The van der Waals surface area contributed by atoms with Crippen molar-refractivity contribution in [1.29, 1.82) is 0 Å². The van der Waals surface area contributed by atoms with E-state index in [1.54, 1.807) is 0 Å². The van der Waals surface area contributed by atoms with E-state index >= 15 is 0 Å². The number of hydrogen-bond acceptors (Lipinski definition) is 8. The molecule has 0 saturated carbocycles. The van der Waals surface area contributed by atoms with Crippen LogP contribution < -0.4 is 0 Å². The fourth-order valence-corrected chi connectivity index (χ4v) is 9.03. The van der Waals surface area contributed by atoms with Crippen LogP contribution in [-0.2, 0) is 61.4 Å². The molecule has 8 nitrogen and oxygen atoms in total. The third-order valence-electron chi connectivity index (χ3n) is 3.24. The SMILES string of the molecule is COC1O[C@H](COC(C)=O)[C@@H](OC(C)=O)[C@H](OC(C)=O)[C@H]1[Hg][Cl]. The fraction of sp³-hybridized carbons (Fsp3) is 0.769. The molecule has 1 saturated heterocycles. The van der Waals surface area contributed by atoms with Gasteiger partial charge in [-0.2, -0.15) is 0 Å². The summed E-state index contributed by atoms with van der Waals surface area (Å²) >= 11 is -2.03. The normalized spacial score (nSPS) is 30.0. The molecule has 10 heteroatoms. The molecular formula is C13H19ClHgO8. The Morgan fingerprint density at radius 2 is 1.61 bits per heavy atom. The van der Waals surface area contributed by atoms with E-state index < -0.39 is 65.8 Å². The maximum atomic E-state index is 11.4. The molecule has 0 amide bonds. The molecule has 0 N–H and O–H groups in total. The number of carbonyl (C=O) groups excluding carboxylic acids is 3. The molecule has 0 spiro atoms. The van der Waals surface area contributed by atoms with Gasteiger partial charge in [0, 0.05) is 0 Å². The zero-order valence-electron chi connectivity index (χ0n) is 13.4. The van der Waals surface area contributed by atoms with E-state index in [0.29, 0.717) is 0 Å². The molecular weight excluding hydrogens is 520 g/mol. The van der Waals surface area contributed by atoms with Crippen LogP contribution in [0, 0.1) is 0 Å². The molecule has 1 heterocycles. The summed E-state index contributed by atoms with van der Waals surface area (Å²) in [6, 6.07) is 0. The minimum absolute atomic E-state index is 0.156. The van der Waals surface area contributed by atoms with Gasteiger partial charge in [0.2, 0.25) is 0 Å². The second kappa shape index (κ2) is 9.75. The van der Waals surface area contributed by atoms with Gasteiger partial charge in [0.1, 0.15) is 0 Å². The monoisotopic (exact) mass is 540 g/mol. The average Bonchev–Trinajstić information content (AvgIpc) is 2.45. The Morgan fingerprint density at radius 1 is 1.04 bits per heavy atom. The van der Waals surface area contributed by atoms with Gasteiger partial charge in [0.05, 0.1) is 0 Å². The Balaban J connectivity index is 3.08. The Kier molecular flexibility index (Phi) is 8.74. The Morgan fingerprint density at radius 3 is 2.04 bits per heavy atom. The second-order valence-electron chi connectivity index (χ2n) is 5.05. The summed E-state index contributed by atoms with van der Waals surface area (Å²) < 4.78 is 26.2. The van der Waals surface area contributed by atoms with E-state index in [1.807, 2.05) is 0 Å². The van der Waals surface area contributed by atoms with Crippen LogP contribution in [0.2, 0.25) is 3.43 Å². The molecule has 1 fully saturated rings. The van der Waals surface area contributed by atoms with Crippen molar-refractivity contribution in [1.82, 2.24) is 0 Å². The first-order valence-electron chi connectivity index (χ1n) is 7.02. The van der Waals surface area contributed by atoms with Crippen molar-refractivity contribution < 1.29 is 61.4 Å². The minimum atomic E-state index is -2.03. The molecule has 0 bridgehead atoms. The number of hydrogen-bond donors (Lipinski definition) is 0. The van der Waals surface area contributed by atoms with Crippen LogP contribution in [0.15, 0.2) is 0 Å². The predicted molar refractivity (Wildman–Crippen MR) is 73.0 cm³/mol. The van der Waals surface area contributed by atoms with Crippen LogP contribution in [0.3, 0.4) is 0 Å². The maximum absolute atomic E-state index is 11.4. The molecule has 0 radical (unpaired) electrons. The number of rotatable bonds is 6. The third kappa shape index (κ3) is 6.17. The number of carbonyl (C=O) groups is 3. The van der Waals surface area contributed by atoms with Crippen molar-refractivity contribution in [3.8, 4) is 0 Å². The number of ether oxygens (including phenoxy) is 5. The summed E-state index contributed by atoms with van der Waals surface area (Å²) in [5.74, 6) is -1.60. The molecule has 1 rings (SSSR count). The van der Waals surface area contributed by atoms with E-state index in [9.17, 15) is 14.4 Å². The van der Waals surface area contributed by atoms with E-state index in [2.05, 4.69) is 0 Å². The first kappa shape index (κ1) is 20.6. The molecule has 0 aromatic heterocycles. The number of methoxy groups -OCH3 is 1. The van der Waals surface area contributed by atoms with Crippen molar-refractivity contribution in [2.24, 2.45) is 0 Å². The van der Waals surface area contributed by atoms with Gasteiger partial charge in [0.15, 0.2) is 0 Å². The predicted octanol–water partition coefficient (Wildman–Crippen LogP) is 0.809. The van der Waals surface area contributed by atoms with Gasteiger partial charge in [-0.25, -0.2) is 0 Å². The van der Waals surface area contributed by atoms with Crippen LogP contribution in [0.25, 0.3) is 0 Å². The number of esters is 3. The summed E-state index contributed by atoms with van der Waals surface area (Å²) in [7, 11) is 7.60. The van der Waals surface area contributed by atoms with Gasteiger partial charge < -0.3 is 0 Å². The second-order valence-corrected chi connectivity index (χ2v) is 12.6. The summed E-state index contributed by atoms with van der Waals surface area (Å²) in [5.41, 5.74) is 0. The topological polar surface area (TPSA) is 97.4 Å². The van der Waals surface area contributed by atoms with Gasteiger partial charge in [0.25, 0.3) is 0 Å². The van der Waals surface area contributed by atoms with Crippen LogP contribution in [-0.4, -0.2) is 56.2 Å². The van der Waals surface area contributed by atoms with Gasteiger partial charge in [-0.1, -0.05) is 0 Å². The Labute approximate surface area is 149 Å². The quantitative estimate of drug-likeness (QED) is 0.278. The van der Waals surface area contributed by atoms with Crippen molar-refractivity contribution >= 4 is 26.2 Å². The van der Waals surface area contributed by atoms with Gasteiger partial charge >= 0.3 is 150 Å². The zero-order valence-corrected chi connectivity index (χ0v) is 19.7. The Bertz CT molecular complexity index is 446. The molecule has 128 valence electrons. The van der Waals surface area contributed by atoms with Crippen molar-refractivity contribution in [3.05, 3.63) is 0 Å². The summed E-state index contributed by atoms with van der Waals surface area (Å²) in [5, 5.41) is 0. The van der Waals surface area contributed by atoms with Crippen molar-refractivity contribution in [2.75, 3.05) is 13.7 Å². The molecule has 1 unspecified atom stereocenters. The molecule has 5 atom stereocenters. The van der Waals surface area contributed by atoms with Crippen molar-refractivity contribution in [3.63, 3.8) is 0 Å². The molecule has 0 aliphatic carbocycles. The average molecular weight is 539 g/mol. The van der Waals surface area contributed by atoms with Crippen LogP contribution in [0.5, 0.6) is 0 Å². The fourth-order valence-electron chi connectivity index (χ4n) is 2.37. The first-order chi connectivity index (χ1) is 10.8.